The summed E-state index contributed by atoms with van der Waals surface area (Å²) in [5.74, 6) is 1.36. The normalized spacial score (nSPS) is 20.6. The number of benzene rings is 3. The van der Waals surface area contributed by atoms with E-state index in [-0.39, 0.29) is 12.2 Å². The first-order valence-electron chi connectivity index (χ1n) is 13.1. The van der Waals surface area contributed by atoms with E-state index < -0.39 is 39.7 Å². The van der Waals surface area contributed by atoms with E-state index in [4.69, 9.17) is 14.2 Å². The number of nitrogens with zero attached hydrogens (tertiary/aromatic N) is 1. The predicted molar refractivity (Wildman–Crippen MR) is 156 cm³/mol. The summed E-state index contributed by atoms with van der Waals surface area (Å²) in [4.78, 5) is 26.6. The molecular weight excluding hydrogens is 547 g/mol. The number of nitrogens with one attached hydrogen (secondary N) is 1. The number of halogens is 1. The molecule has 8 nitrogen and oxygen atoms in total. The predicted octanol–water partition coefficient (Wildman–Crippen LogP) is 4.18. The standard InChI is InChI=1S/C31H31FN2O6S/c1-19-17-34(30(37)33-28(19)36)29-26(32)27(35)25(41-29)18-40-31(20-7-5-4-6-8-20,21-9-13-23(38-2)14-10-21)22-11-15-24(39-3)16-12-22/h4-17,25-27,29,35H,18H2,1-3H3,(H,33,36,37)/t25-,26+,27-,29-/m1/s1. The van der Waals surface area contributed by atoms with Crippen LogP contribution in [-0.4, -0.2) is 53.0 Å². The number of aliphatic hydroxyl groups is 1. The van der Waals surface area contributed by atoms with E-state index in [0.717, 1.165) is 33.0 Å². The van der Waals surface area contributed by atoms with E-state index >= 15 is 4.39 Å². The zero-order valence-electron chi connectivity index (χ0n) is 22.8. The lowest BCUT2D eigenvalue weighted by atomic mass is 9.80. The van der Waals surface area contributed by atoms with Crippen LogP contribution in [0.15, 0.2) is 94.6 Å². The van der Waals surface area contributed by atoms with Gasteiger partial charge in [0.2, 0.25) is 0 Å². The van der Waals surface area contributed by atoms with Gasteiger partial charge in [-0.1, -0.05) is 54.6 Å². The van der Waals surface area contributed by atoms with Crippen molar-refractivity contribution in [2.75, 3.05) is 20.8 Å². The summed E-state index contributed by atoms with van der Waals surface area (Å²) in [7, 11) is 3.19. The van der Waals surface area contributed by atoms with E-state index in [0.29, 0.717) is 11.5 Å². The van der Waals surface area contributed by atoms with Gasteiger partial charge in [0.25, 0.3) is 5.56 Å². The highest BCUT2D eigenvalue weighted by molar-refractivity contribution is 8.00. The van der Waals surface area contributed by atoms with E-state index in [2.05, 4.69) is 4.98 Å². The molecule has 4 aromatic rings. The van der Waals surface area contributed by atoms with Gasteiger partial charge < -0.3 is 19.3 Å². The van der Waals surface area contributed by atoms with Gasteiger partial charge in [-0.15, -0.1) is 11.8 Å². The number of aliphatic hydroxyl groups excluding tert-OH is 1. The molecule has 41 heavy (non-hydrogen) atoms. The fourth-order valence-electron chi connectivity index (χ4n) is 5.12. The van der Waals surface area contributed by atoms with Crippen molar-refractivity contribution < 1.29 is 23.7 Å². The summed E-state index contributed by atoms with van der Waals surface area (Å²) in [6.45, 7) is 1.49. The van der Waals surface area contributed by atoms with Gasteiger partial charge in [-0.05, 0) is 47.9 Å². The van der Waals surface area contributed by atoms with Crippen LogP contribution in [0.1, 0.15) is 27.6 Å². The van der Waals surface area contributed by atoms with Gasteiger partial charge in [-0.25, -0.2) is 9.18 Å². The first-order valence-corrected chi connectivity index (χ1v) is 14.0. The number of rotatable bonds is 9. The number of aromatic nitrogens is 2. The van der Waals surface area contributed by atoms with Crippen molar-refractivity contribution in [3.05, 3.63) is 128 Å². The van der Waals surface area contributed by atoms with Crippen LogP contribution in [0.2, 0.25) is 0 Å². The zero-order chi connectivity index (χ0) is 29.1. The Morgan fingerprint density at radius 2 is 1.44 bits per heavy atom. The Kier molecular flexibility index (Phi) is 8.35. The van der Waals surface area contributed by atoms with Crippen LogP contribution in [-0.2, 0) is 10.3 Å². The first-order chi connectivity index (χ1) is 19.8. The molecule has 10 heteroatoms. The van der Waals surface area contributed by atoms with Gasteiger partial charge in [-0.2, -0.15) is 0 Å². The van der Waals surface area contributed by atoms with Crippen LogP contribution < -0.4 is 20.7 Å². The molecule has 0 spiro atoms. The number of alkyl halides is 1. The van der Waals surface area contributed by atoms with Gasteiger partial charge in [0.1, 0.15) is 28.6 Å². The Bertz CT molecular complexity index is 1540. The fraction of sp³-hybridized carbons (Fsp3) is 0.290. The smallest absolute Gasteiger partial charge is 0.329 e. The molecule has 1 aromatic heterocycles. The number of methoxy groups -OCH3 is 2. The highest BCUT2D eigenvalue weighted by atomic mass is 32.2. The Labute approximate surface area is 240 Å². The Hall–Kier alpha value is -3.86. The second-order valence-electron chi connectivity index (χ2n) is 9.79. The minimum Gasteiger partial charge on any atom is -0.497 e. The largest absolute Gasteiger partial charge is 0.497 e. The maximum Gasteiger partial charge on any atom is 0.329 e. The molecule has 0 aliphatic carbocycles. The molecule has 2 N–H and O–H groups in total. The summed E-state index contributed by atoms with van der Waals surface area (Å²) in [5.41, 5.74) is 0.291. The van der Waals surface area contributed by atoms with Gasteiger partial charge in [0, 0.05) is 11.8 Å². The van der Waals surface area contributed by atoms with Crippen LogP contribution in [0.4, 0.5) is 4.39 Å². The second kappa shape index (κ2) is 11.9. The third-order valence-electron chi connectivity index (χ3n) is 7.35. The molecule has 1 saturated heterocycles. The van der Waals surface area contributed by atoms with Gasteiger partial charge in [-0.3, -0.25) is 14.3 Å². The maximum absolute atomic E-state index is 15.5. The van der Waals surface area contributed by atoms with E-state index in [9.17, 15) is 14.7 Å². The van der Waals surface area contributed by atoms with E-state index in [1.165, 1.54) is 13.1 Å². The molecule has 1 aliphatic heterocycles. The second-order valence-corrected chi connectivity index (χ2v) is 11.2. The topological polar surface area (TPSA) is 103 Å². The highest BCUT2D eigenvalue weighted by Crippen LogP contribution is 2.46. The van der Waals surface area contributed by atoms with Crippen molar-refractivity contribution >= 4 is 11.8 Å². The van der Waals surface area contributed by atoms with Gasteiger partial charge in [0.05, 0.1) is 26.1 Å². The van der Waals surface area contributed by atoms with Crippen LogP contribution in [0, 0.1) is 6.92 Å². The van der Waals surface area contributed by atoms with Crippen molar-refractivity contribution in [1.82, 2.24) is 9.55 Å². The summed E-state index contributed by atoms with van der Waals surface area (Å²) < 4.78 is 34.2. The Balaban J connectivity index is 1.56. The average molecular weight is 579 g/mol. The third kappa shape index (κ3) is 5.42. The van der Waals surface area contributed by atoms with Crippen LogP contribution in [0.5, 0.6) is 11.5 Å². The summed E-state index contributed by atoms with van der Waals surface area (Å²) in [6.07, 6.45) is -1.85. The lowest BCUT2D eigenvalue weighted by Crippen LogP contribution is -2.38. The summed E-state index contributed by atoms with van der Waals surface area (Å²) >= 11 is 1.10. The number of hydrogen-bond donors (Lipinski definition) is 2. The molecule has 1 fully saturated rings. The maximum atomic E-state index is 15.5. The lowest BCUT2D eigenvalue weighted by molar-refractivity contribution is -0.0115. The van der Waals surface area contributed by atoms with Crippen LogP contribution in [0.3, 0.4) is 0 Å². The number of aryl methyl sites for hydroxylation is 1. The van der Waals surface area contributed by atoms with Crippen molar-refractivity contribution in [2.24, 2.45) is 0 Å². The van der Waals surface area contributed by atoms with Crippen LogP contribution >= 0.6 is 11.8 Å². The molecule has 0 saturated carbocycles. The molecule has 0 unspecified atom stereocenters. The van der Waals surface area contributed by atoms with Crippen molar-refractivity contribution in [2.45, 2.75) is 35.4 Å². The van der Waals surface area contributed by atoms with Crippen molar-refractivity contribution in [1.29, 1.82) is 0 Å². The number of H-pyrrole nitrogens is 1. The molecular formula is C31H31FN2O6S. The van der Waals surface area contributed by atoms with Crippen LogP contribution in [0.25, 0.3) is 0 Å². The molecule has 5 rings (SSSR count). The molecule has 1 aliphatic rings. The fourth-order valence-corrected chi connectivity index (χ4v) is 6.54. The summed E-state index contributed by atoms with van der Waals surface area (Å²) in [5, 5.41) is 9.21. The molecule has 0 bridgehead atoms. The zero-order valence-corrected chi connectivity index (χ0v) is 23.6. The monoisotopic (exact) mass is 578 g/mol. The summed E-state index contributed by atoms with van der Waals surface area (Å²) in [6, 6.07) is 24.7. The van der Waals surface area contributed by atoms with Gasteiger partial charge in [0.15, 0.2) is 6.17 Å². The quantitative estimate of drug-likeness (QED) is 0.287. The van der Waals surface area contributed by atoms with Gasteiger partial charge >= 0.3 is 5.69 Å². The van der Waals surface area contributed by atoms with E-state index in [1.807, 2.05) is 78.9 Å². The highest BCUT2D eigenvalue weighted by Gasteiger charge is 2.47. The minimum atomic E-state index is -1.76. The Morgan fingerprint density at radius 1 is 0.902 bits per heavy atom. The minimum absolute atomic E-state index is 0.0488. The number of ether oxygens (including phenoxy) is 3. The number of hydrogen-bond acceptors (Lipinski definition) is 7. The number of aromatic amines is 1. The molecule has 0 amide bonds. The number of thioether (sulfide) groups is 1. The Morgan fingerprint density at radius 3 is 1.98 bits per heavy atom. The lowest BCUT2D eigenvalue weighted by Gasteiger charge is -2.37. The molecule has 0 radical (unpaired) electrons. The molecule has 214 valence electrons. The average Bonchev–Trinajstić information content (AvgIpc) is 3.29. The third-order valence-corrected chi connectivity index (χ3v) is 8.88. The molecule has 3 aromatic carbocycles. The first kappa shape index (κ1) is 28.7. The molecule has 2 heterocycles. The van der Waals surface area contributed by atoms with Crippen molar-refractivity contribution in [3.8, 4) is 11.5 Å². The van der Waals surface area contributed by atoms with E-state index in [1.54, 1.807) is 14.2 Å². The molecule has 4 atom stereocenters. The SMILES string of the molecule is COc1ccc(C(OC[C@H]2S[C@@H](n3cc(C)c(=O)[nH]c3=O)[C@@H](F)[C@@H]2O)(c2ccccc2)c2ccc(OC)cc2)cc1. The van der Waals surface area contributed by atoms with Crippen molar-refractivity contribution in [3.63, 3.8) is 0 Å².